The monoisotopic (exact) mass is 148 g/mol. The summed E-state index contributed by atoms with van der Waals surface area (Å²) in [5, 5.41) is 1.32. The van der Waals surface area contributed by atoms with Crippen LogP contribution in [0.2, 0.25) is 0 Å². The Morgan fingerprint density at radius 1 is 0.750 bits per heavy atom. The van der Waals surface area contributed by atoms with Crippen LogP contribution in [0.15, 0.2) is 0 Å². The van der Waals surface area contributed by atoms with Gasteiger partial charge in [0.05, 0.1) is 0 Å². The highest BCUT2D eigenvalue weighted by molar-refractivity contribution is 8.17. The van der Waals surface area contributed by atoms with Gasteiger partial charge in [-0.1, -0.05) is 44.2 Å². The second-order valence-corrected chi connectivity index (χ2v) is 8.00. The molecule has 0 N–H and O–H groups in total. The maximum atomic E-state index is 2.38. The Morgan fingerprint density at radius 2 is 1.00 bits per heavy atom. The summed E-state index contributed by atoms with van der Waals surface area (Å²) in [7, 11) is 2.45. The first-order valence-electron chi connectivity index (χ1n) is 3.00. The minimum Gasteiger partial charge on any atom is -0.0920 e. The summed E-state index contributed by atoms with van der Waals surface area (Å²) in [4.78, 5) is 0. The lowest BCUT2D eigenvalue weighted by Gasteiger charge is -2.52. The molecule has 1 saturated heterocycles. The van der Waals surface area contributed by atoms with Crippen molar-refractivity contribution in [3.8, 4) is 0 Å². The molecule has 8 heavy (non-hydrogen) atoms. The highest BCUT2D eigenvalue weighted by Crippen LogP contribution is 2.73. The highest BCUT2D eigenvalue weighted by atomic mass is 32.0. The molecule has 0 aromatic rings. The van der Waals surface area contributed by atoms with Crippen LogP contribution in [-0.2, 0) is 0 Å². The van der Waals surface area contributed by atoms with Gasteiger partial charge >= 0.3 is 0 Å². The fraction of sp³-hybridized carbons (Fsp3) is 1.00. The van der Waals surface area contributed by atoms with Gasteiger partial charge in [0.1, 0.15) is 0 Å². The smallest absolute Gasteiger partial charge is 0.00508 e. The Kier molecular flexibility index (Phi) is 1.46. The van der Waals surface area contributed by atoms with E-state index in [1.807, 2.05) is 0 Å². The van der Waals surface area contributed by atoms with Crippen molar-refractivity contribution in [2.75, 3.05) is 0 Å². The van der Waals surface area contributed by atoms with Gasteiger partial charge < -0.3 is 0 Å². The van der Waals surface area contributed by atoms with E-state index in [1.54, 1.807) is 0 Å². The molecule has 0 bridgehead atoms. The number of rotatable bonds is 0. The van der Waals surface area contributed by atoms with E-state index in [4.69, 9.17) is 0 Å². The number of hydrogen-bond acceptors (Lipinski definition) is 0. The summed E-state index contributed by atoms with van der Waals surface area (Å²) in [6.45, 7) is 9.51. The predicted octanol–water partition coefficient (Wildman–Crippen LogP) is 2.83. The highest BCUT2D eigenvalue weighted by Gasteiger charge is 2.45. The largest absolute Gasteiger partial charge is 0.0920 e. The van der Waals surface area contributed by atoms with Crippen LogP contribution in [0.4, 0.5) is 0 Å². The zero-order valence-corrected chi connectivity index (χ0v) is 8.00. The first-order chi connectivity index (χ1) is 3.46. The number of hydrogen-bond donors (Lipinski definition) is 0. The molecule has 1 aliphatic rings. The van der Waals surface area contributed by atoms with E-state index in [0.29, 0.717) is 10.3 Å². The van der Waals surface area contributed by atoms with Crippen molar-refractivity contribution >= 4 is 16.5 Å². The van der Waals surface area contributed by atoms with E-state index >= 15 is 0 Å². The van der Waals surface area contributed by atoms with Crippen molar-refractivity contribution in [3.63, 3.8) is 0 Å². The van der Waals surface area contributed by atoms with Crippen LogP contribution in [-0.4, -0.2) is 10.3 Å². The van der Waals surface area contributed by atoms with E-state index in [9.17, 15) is 0 Å². The molecule has 2 atom stereocenters. The molecule has 48 valence electrons. The molecule has 2 unspecified atom stereocenters. The fourth-order valence-corrected chi connectivity index (χ4v) is 5.06. The molecule has 1 rings (SSSR count). The maximum absolute atomic E-state index is 2.38. The van der Waals surface area contributed by atoms with E-state index in [2.05, 4.69) is 27.7 Å². The maximum Gasteiger partial charge on any atom is -0.00508 e. The van der Waals surface area contributed by atoms with Crippen LogP contribution in [0, 0.1) is 0 Å². The molecule has 0 spiro atoms. The molecule has 0 saturated carbocycles. The van der Waals surface area contributed by atoms with Gasteiger partial charge in [0, 0.05) is 0 Å². The summed E-state index contributed by atoms with van der Waals surface area (Å²) in [5.41, 5.74) is 0. The normalized spacial score (nSPS) is 37.5. The van der Waals surface area contributed by atoms with Gasteiger partial charge in [0.2, 0.25) is 0 Å². The summed E-state index contributed by atoms with van der Waals surface area (Å²) in [6.07, 6.45) is 0. The van der Waals surface area contributed by atoms with Crippen LogP contribution in [0.5, 0.6) is 0 Å². The van der Waals surface area contributed by atoms with Crippen molar-refractivity contribution in [2.45, 2.75) is 38.0 Å². The molecule has 0 aromatic heterocycles. The van der Waals surface area contributed by atoms with Crippen LogP contribution < -0.4 is 0 Å². The SMILES string of the molecule is CC1(C)PPC1(C)C. The molecule has 1 aliphatic heterocycles. The third-order valence-electron chi connectivity index (χ3n) is 2.25. The molecular weight excluding hydrogens is 134 g/mol. The van der Waals surface area contributed by atoms with Gasteiger partial charge in [-0.15, -0.1) is 0 Å². The van der Waals surface area contributed by atoms with Gasteiger partial charge in [0.25, 0.3) is 0 Å². The van der Waals surface area contributed by atoms with Crippen LogP contribution in [0.25, 0.3) is 0 Å². The van der Waals surface area contributed by atoms with Crippen LogP contribution in [0.1, 0.15) is 27.7 Å². The molecule has 0 aliphatic carbocycles. The first kappa shape index (κ1) is 6.97. The Morgan fingerprint density at radius 3 is 1.00 bits per heavy atom. The zero-order valence-electron chi connectivity index (χ0n) is 6.00. The quantitative estimate of drug-likeness (QED) is 0.463. The first-order valence-corrected chi connectivity index (χ1v) is 6.00. The van der Waals surface area contributed by atoms with Crippen molar-refractivity contribution in [2.24, 2.45) is 0 Å². The average molecular weight is 148 g/mol. The summed E-state index contributed by atoms with van der Waals surface area (Å²) in [5.74, 6) is 0. The lowest BCUT2D eigenvalue weighted by molar-refractivity contribution is 0.532. The molecule has 0 aromatic carbocycles. The van der Waals surface area contributed by atoms with Crippen LogP contribution in [0.3, 0.4) is 0 Å². The third kappa shape index (κ3) is 0.829. The summed E-state index contributed by atoms with van der Waals surface area (Å²) in [6, 6.07) is 0. The van der Waals surface area contributed by atoms with Crippen molar-refractivity contribution < 1.29 is 0 Å². The lowest BCUT2D eigenvalue weighted by atomic mass is 9.98. The molecule has 2 heteroatoms. The van der Waals surface area contributed by atoms with Crippen LogP contribution >= 0.6 is 16.5 Å². The van der Waals surface area contributed by atoms with Gasteiger partial charge in [-0.05, 0) is 10.3 Å². The van der Waals surface area contributed by atoms with Gasteiger partial charge in [-0.2, -0.15) is 0 Å². The predicted molar refractivity (Wildman–Crippen MR) is 44.8 cm³/mol. The molecule has 0 nitrogen and oxygen atoms in total. The van der Waals surface area contributed by atoms with Gasteiger partial charge in [-0.3, -0.25) is 0 Å². The Bertz CT molecular complexity index is 91.1. The Labute approximate surface area is 55.3 Å². The van der Waals surface area contributed by atoms with Gasteiger partial charge in [-0.25, -0.2) is 0 Å². The van der Waals surface area contributed by atoms with E-state index < -0.39 is 0 Å². The average Bonchev–Trinajstić information content (AvgIpc) is 1.64. The lowest BCUT2D eigenvalue weighted by Crippen LogP contribution is -2.42. The Balaban J connectivity index is 2.63. The van der Waals surface area contributed by atoms with Crippen molar-refractivity contribution in [1.29, 1.82) is 0 Å². The molecule has 0 amide bonds. The summed E-state index contributed by atoms with van der Waals surface area (Å²) < 4.78 is 0. The van der Waals surface area contributed by atoms with E-state index in [1.165, 1.54) is 16.5 Å². The minimum absolute atomic E-state index is 0.658. The second kappa shape index (κ2) is 1.68. The molecule has 1 fully saturated rings. The molecular formula is C6H14P2. The molecule has 0 radical (unpaired) electrons. The zero-order chi connectivity index (χ0) is 6.41. The second-order valence-electron chi connectivity index (χ2n) is 3.50. The Hall–Kier alpha value is 0.860. The van der Waals surface area contributed by atoms with Crippen molar-refractivity contribution in [1.82, 2.24) is 0 Å². The molecule has 1 heterocycles. The third-order valence-corrected chi connectivity index (χ3v) is 9.25. The standard InChI is InChI=1S/C6H14P2/c1-5(2)6(3,4)8-7-5/h7-8H,1-4H3. The van der Waals surface area contributed by atoms with E-state index in [-0.39, 0.29) is 0 Å². The topological polar surface area (TPSA) is 0 Å². The van der Waals surface area contributed by atoms with Gasteiger partial charge in [0.15, 0.2) is 0 Å². The van der Waals surface area contributed by atoms with Crippen molar-refractivity contribution in [3.05, 3.63) is 0 Å². The summed E-state index contributed by atoms with van der Waals surface area (Å²) >= 11 is 0. The van der Waals surface area contributed by atoms with E-state index in [0.717, 1.165) is 0 Å². The minimum atomic E-state index is 0.658. The fourth-order valence-electron chi connectivity index (χ4n) is 0.562.